The number of aromatic amines is 1. The summed E-state index contributed by atoms with van der Waals surface area (Å²) in [6.07, 6.45) is 2.98. The minimum absolute atomic E-state index is 0.00654. The summed E-state index contributed by atoms with van der Waals surface area (Å²) in [4.78, 5) is 11.8. The summed E-state index contributed by atoms with van der Waals surface area (Å²) < 4.78 is 15.9. The van der Waals surface area contributed by atoms with Crippen molar-refractivity contribution in [1.82, 2.24) is 30.4 Å². The lowest BCUT2D eigenvalue weighted by molar-refractivity contribution is 0.262. The Labute approximate surface area is 136 Å². The molecule has 0 aliphatic carbocycles. The molecule has 0 saturated heterocycles. The summed E-state index contributed by atoms with van der Waals surface area (Å²) in [5, 5.41) is 22.7. The van der Waals surface area contributed by atoms with E-state index in [1.54, 1.807) is 6.07 Å². The topological polar surface area (TPSA) is 113 Å². The summed E-state index contributed by atoms with van der Waals surface area (Å²) in [7, 11) is 0. The average Bonchev–Trinajstić information content (AvgIpc) is 3.18. The first-order chi connectivity index (χ1) is 11.5. The third-order valence-electron chi connectivity index (χ3n) is 3.21. The van der Waals surface area contributed by atoms with Crippen LogP contribution in [0.2, 0.25) is 0 Å². The van der Waals surface area contributed by atoms with Crippen LogP contribution in [0, 0.1) is 5.82 Å². The molecule has 9 nitrogen and oxygen atoms in total. The normalized spacial score (nSPS) is 10.8. The zero-order valence-corrected chi connectivity index (χ0v) is 13.0. The molecule has 0 aliphatic heterocycles. The van der Waals surface area contributed by atoms with Gasteiger partial charge >= 0.3 is 6.03 Å². The van der Waals surface area contributed by atoms with E-state index in [0.29, 0.717) is 17.2 Å². The Hall–Kier alpha value is -3.30. The van der Waals surface area contributed by atoms with E-state index in [0.717, 1.165) is 0 Å². The third kappa shape index (κ3) is 3.21. The van der Waals surface area contributed by atoms with Gasteiger partial charge in [-0.25, -0.2) is 13.9 Å². The van der Waals surface area contributed by atoms with Crippen LogP contribution in [-0.4, -0.2) is 36.4 Å². The van der Waals surface area contributed by atoms with Crippen molar-refractivity contribution in [3.8, 4) is 11.4 Å². The molecule has 2 aromatic heterocycles. The number of hydrogen-bond donors (Lipinski definition) is 3. The molecule has 3 aromatic rings. The summed E-state index contributed by atoms with van der Waals surface area (Å²) >= 11 is 0. The number of carbonyl (C=O) groups excluding carboxylic acids is 1. The second-order valence-electron chi connectivity index (χ2n) is 5.30. The third-order valence-corrected chi connectivity index (χ3v) is 3.21. The fourth-order valence-corrected chi connectivity index (χ4v) is 2.11. The van der Waals surface area contributed by atoms with Gasteiger partial charge in [-0.1, -0.05) is 0 Å². The van der Waals surface area contributed by atoms with Crippen LogP contribution in [0.25, 0.3) is 11.4 Å². The van der Waals surface area contributed by atoms with Crippen LogP contribution in [-0.2, 0) is 0 Å². The van der Waals surface area contributed by atoms with Gasteiger partial charge in [-0.15, -0.1) is 5.10 Å². The van der Waals surface area contributed by atoms with Gasteiger partial charge in [0.1, 0.15) is 5.82 Å². The Kier molecular flexibility index (Phi) is 4.18. The molecule has 0 fully saturated rings. The smallest absolute Gasteiger partial charge is 0.308 e. The second kappa shape index (κ2) is 6.44. The lowest BCUT2D eigenvalue weighted by atomic mass is 10.1. The Morgan fingerprint density at radius 1 is 1.29 bits per heavy atom. The Bertz CT molecular complexity index is 842. The maximum Gasteiger partial charge on any atom is 0.323 e. The highest BCUT2D eigenvalue weighted by Crippen LogP contribution is 2.24. The van der Waals surface area contributed by atoms with Gasteiger partial charge in [0.2, 0.25) is 0 Å². The van der Waals surface area contributed by atoms with Gasteiger partial charge in [-0.05, 0) is 42.5 Å². The molecule has 0 radical (unpaired) electrons. The van der Waals surface area contributed by atoms with Crippen LogP contribution in [0.15, 0.2) is 30.6 Å². The number of amides is 2. The SMILES string of the molecule is CC(C)n1nnnc1-c1ccc(NC(=O)Nc2cn[nH]c2)cc1F. The lowest BCUT2D eigenvalue weighted by Gasteiger charge is -2.10. The number of halogens is 1. The van der Waals surface area contributed by atoms with Crippen molar-refractivity contribution in [1.29, 1.82) is 0 Å². The monoisotopic (exact) mass is 330 g/mol. The Morgan fingerprint density at radius 2 is 2.08 bits per heavy atom. The molecule has 0 unspecified atom stereocenters. The fraction of sp³-hybridized carbons (Fsp3) is 0.214. The minimum Gasteiger partial charge on any atom is -0.308 e. The Morgan fingerprint density at radius 3 is 2.75 bits per heavy atom. The number of tetrazole rings is 1. The lowest BCUT2D eigenvalue weighted by Crippen LogP contribution is -2.19. The van der Waals surface area contributed by atoms with Crippen molar-refractivity contribution >= 4 is 17.4 Å². The summed E-state index contributed by atoms with van der Waals surface area (Å²) in [6, 6.07) is 3.80. The van der Waals surface area contributed by atoms with E-state index in [-0.39, 0.29) is 11.6 Å². The number of carbonyl (C=O) groups is 1. The minimum atomic E-state index is -0.534. The number of nitrogens with one attached hydrogen (secondary N) is 3. The standard InChI is InChI=1S/C14H15FN8O/c1-8(2)23-13(20-21-22-23)11-4-3-9(5-12(11)15)18-14(24)19-10-6-16-17-7-10/h3-8H,1-2H3,(H,16,17)(H2,18,19,24). The van der Waals surface area contributed by atoms with Crippen molar-refractivity contribution in [2.45, 2.75) is 19.9 Å². The highest BCUT2D eigenvalue weighted by molar-refractivity contribution is 5.99. The Balaban J connectivity index is 1.77. The zero-order chi connectivity index (χ0) is 17.1. The molecule has 24 heavy (non-hydrogen) atoms. The molecule has 0 atom stereocenters. The van der Waals surface area contributed by atoms with Crippen molar-refractivity contribution in [3.63, 3.8) is 0 Å². The highest BCUT2D eigenvalue weighted by Gasteiger charge is 2.16. The van der Waals surface area contributed by atoms with E-state index in [2.05, 4.69) is 36.4 Å². The van der Waals surface area contributed by atoms with Crippen molar-refractivity contribution in [3.05, 3.63) is 36.4 Å². The molecule has 3 N–H and O–H groups in total. The van der Waals surface area contributed by atoms with Gasteiger partial charge < -0.3 is 10.6 Å². The predicted octanol–water partition coefficient (Wildman–Crippen LogP) is 2.43. The van der Waals surface area contributed by atoms with Crippen LogP contribution in [0.1, 0.15) is 19.9 Å². The van der Waals surface area contributed by atoms with Crippen LogP contribution in [0.5, 0.6) is 0 Å². The first kappa shape index (κ1) is 15.6. The zero-order valence-electron chi connectivity index (χ0n) is 13.0. The number of rotatable bonds is 4. The van der Waals surface area contributed by atoms with Crippen LogP contribution in [0.4, 0.5) is 20.6 Å². The van der Waals surface area contributed by atoms with E-state index >= 15 is 0 Å². The van der Waals surface area contributed by atoms with E-state index in [9.17, 15) is 9.18 Å². The van der Waals surface area contributed by atoms with Crippen LogP contribution in [0.3, 0.4) is 0 Å². The number of H-pyrrole nitrogens is 1. The van der Waals surface area contributed by atoms with Gasteiger partial charge in [0.05, 0.1) is 23.5 Å². The predicted molar refractivity (Wildman–Crippen MR) is 84.8 cm³/mol. The van der Waals surface area contributed by atoms with E-state index < -0.39 is 11.8 Å². The first-order valence-electron chi connectivity index (χ1n) is 7.19. The number of urea groups is 1. The average molecular weight is 330 g/mol. The van der Waals surface area contributed by atoms with Crippen LogP contribution >= 0.6 is 0 Å². The first-order valence-corrected chi connectivity index (χ1v) is 7.19. The molecule has 10 heteroatoms. The van der Waals surface area contributed by atoms with Gasteiger partial charge in [-0.3, -0.25) is 5.10 Å². The van der Waals surface area contributed by atoms with Crippen molar-refractivity contribution in [2.24, 2.45) is 0 Å². The molecule has 0 bridgehead atoms. The molecule has 3 rings (SSSR count). The summed E-state index contributed by atoms with van der Waals surface area (Å²) in [6.45, 7) is 3.79. The second-order valence-corrected chi connectivity index (χ2v) is 5.30. The van der Waals surface area contributed by atoms with Crippen molar-refractivity contribution in [2.75, 3.05) is 10.6 Å². The molecule has 0 aliphatic rings. The van der Waals surface area contributed by atoms with E-state index in [1.165, 1.54) is 29.2 Å². The maximum absolute atomic E-state index is 14.4. The molecule has 2 amide bonds. The largest absolute Gasteiger partial charge is 0.323 e. The maximum atomic E-state index is 14.4. The molecular weight excluding hydrogens is 315 g/mol. The van der Waals surface area contributed by atoms with E-state index in [1.807, 2.05) is 13.8 Å². The fourth-order valence-electron chi connectivity index (χ4n) is 2.11. The van der Waals surface area contributed by atoms with Gasteiger partial charge in [0.15, 0.2) is 5.82 Å². The molecule has 0 saturated carbocycles. The number of benzene rings is 1. The molecular formula is C14H15FN8O. The van der Waals surface area contributed by atoms with E-state index in [4.69, 9.17) is 0 Å². The van der Waals surface area contributed by atoms with Gasteiger partial charge in [0.25, 0.3) is 0 Å². The summed E-state index contributed by atoms with van der Waals surface area (Å²) in [5.41, 5.74) is 1.07. The highest BCUT2D eigenvalue weighted by atomic mass is 19.1. The van der Waals surface area contributed by atoms with Gasteiger partial charge in [0, 0.05) is 11.9 Å². The molecule has 0 spiro atoms. The number of aromatic nitrogens is 6. The summed E-state index contributed by atoms with van der Waals surface area (Å²) in [5.74, 6) is -0.204. The number of nitrogens with zero attached hydrogens (tertiary/aromatic N) is 5. The molecule has 2 heterocycles. The van der Waals surface area contributed by atoms with Crippen molar-refractivity contribution < 1.29 is 9.18 Å². The molecule has 1 aromatic carbocycles. The quantitative estimate of drug-likeness (QED) is 0.680. The van der Waals surface area contributed by atoms with Crippen LogP contribution < -0.4 is 10.6 Å². The number of anilines is 2. The molecule has 124 valence electrons. The van der Waals surface area contributed by atoms with Gasteiger partial charge in [-0.2, -0.15) is 5.10 Å². The number of hydrogen-bond acceptors (Lipinski definition) is 5.